The Bertz CT molecular complexity index is 1380. The highest BCUT2D eigenvalue weighted by Gasteiger charge is 2.36. The Morgan fingerprint density at radius 1 is 0.939 bits per heavy atom. The Morgan fingerprint density at radius 2 is 1.70 bits per heavy atom. The van der Waals surface area contributed by atoms with E-state index in [0.29, 0.717) is 24.3 Å². The van der Waals surface area contributed by atoms with Crippen molar-refractivity contribution in [3.63, 3.8) is 0 Å². The predicted octanol–water partition coefficient (Wildman–Crippen LogP) is 4.63. The largest absolute Gasteiger partial charge is 0.371 e. The number of benzene rings is 3. The SMILES string of the molecule is O=C(c1ccc2n[nH]c(C#Cc3ccccc3-c3ccccc3)c2c1)N1CC2CCC(C1)O2. The number of fused-ring (bicyclic) bond motifs is 3. The summed E-state index contributed by atoms with van der Waals surface area (Å²) in [5.41, 5.74) is 5.34. The van der Waals surface area contributed by atoms with Gasteiger partial charge >= 0.3 is 0 Å². The maximum absolute atomic E-state index is 13.2. The Labute approximate surface area is 192 Å². The molecule has 5 nitrogen and oxygen atoms in total. The molecule has 0 spiro atoms. The van der Waals surface area contributed by atoms with Crippen molar-refractivity contribution in [2.75, 3.05) is 13.1 Å². The van der Waals surface area contributed by atoms with Crippen LogP contribution in [-0.4, -0.2) is 46.3 Å². The second-order valence-corrected chi connectivity index (χ2v) is 8.66. The normalized spacial score (nSPS) is 19.3. The van der Waals surface area contributed by atoms with E-state index >= 15 is 0 Å². The van der Waals surface area contributed by atoms with Crippen LogP contribution in [0, 0.1) is 11.8 Å². The lowest BCUT2D eigenvalue weighted by molar-refractivity contribution is -0.0303. The number of nitrogens with zero attached hydrogens (tertiary/aromatic N) is 2. The summed E-state index contributed by atoms with van der Waals surface area (Å²) in [5.74, 6) is 6.60. The molecule has 3 heterocycles. The Kier molecular flexibility index (Phi) is 4.93. The fourth-order valence-electron chi connectivity index (χ4n) is 4.79. The molecule has 0 aliphatic carbocycles. The Hall–Kier alpha value is -3.88. The number of ether oxygens (including phenoxy) is 1. The van der Waals surface area contributed by atoms with Crippen molar-refractivity contribution >= 4 is 16.8 Å². The van der Waals surface area contributed by atoms with Crippen molar-refractivity contribution in [2.45, 2.75) is 25.0 Å². The number of amides is 1. The first kappa shape index (κ1) is 19.8. The van der Waals surface area contributed by atoms with Crippen molar-refractivity contribution in [3.8, 4) is 23.0 Å². The minimum absolute atomic E-state index is 0.0478. The minimum Gasteiger partial charge on any atom is -0.371 e. The van der Waals surface area contributed by atoms with Gasteiger partial charge in [-0.05, 0) is 54.2 Å². The molecule has 2 atom stereocenters. The number of aromatic nitrogens is 2. The first-order valence-corrected chi connectivity index (χ1v) is 11.3. The lowest BCUT2D eigenvalue weighted by atomic mass is 10.00. The molecule has 2 saturated heterocycles. The van der Waals surface area contributed by atoms with Crippen LogP contribution in [0.25, 0.3) is 22.0 Å². The molecule has 162 valence electrons. The van der Waals surface area contributed by atoms with Crippen LogP contribution in [0.4, 0.5) is 0 Å². The van der Waals surface area contributed by atoms with Gasteiger partial charge in [0.05, 0.1) is 17.7 Å². The molecule has 3 aromatic carbocycles. The van der Waals surface area contributed by atoms with Crippen LogP contribution < -0.4 is 0 Å². The van der Waals surface area contributed by atoms with Gasteiger partial charge in [0, 0.05) is 29.6 Å². The summed E-state index contributed by atoms with van der Waals surface area (Å²) in [7, 11) is 0. The van der Waals surface area contributed by atoms with Crippen molar-refractivity contribution < 1.29 is 9.53 Å². The van der Waals surface area contributed by atoms with Crippen LogP contribution in [0.5, 0.6) is 0 Å². The van der Waals surface area contributed by atoms with Crippen molar-refractivity contribution in [3.05, 3.63) is 89.6 Å². The van der Waals surface area contributed by atoms with Gasteiger partial charge in [-0.25, -0.2) is 0 Å². The molecule has 6 rings (SSSR count). The highest BCUT2D eigenvalue weighted by atomic mass is 16.5. The molecule has 2 fully saturated rings. The van der Waals surface area contributed by atoms with Crippen molar-refractivity contribution in [1.29, 1.82) is 0 Å². The van der Waals surface area contributed by atoms with Crippen molar-refractivity contribution in [1.82, 2.24) is 15.1 Å². The summed E-state index contributed by atoms with van der Waals surface area (Å²) in [5, 5.41) is 8.29. The van der Waals surface area contributed by atoms with E-state index < -0.39 is 0 Å². The summed E-state index contributed by atoms with van der Waals surface area (Å²) in [6, 6.07) is 24.0. The topological polar surface area (TPSA) is 58.2 Å². The zero-order valence-corrected chi connectivity index (χ0v) is 18.1. The zero-order valence-electron chi connectivity index (χ0n) is 18.1. The van der Waals surface area contributed by atoms with E-state index in [1.54, 1.807) is 0 Å². The van der Waals surface area contributed by atoms with Gasteiger partial charge in [-0.3, -0.25) is 9.89 Å². The maximum atomic E-state index is 13.2. The number of carbonyl (C=O) groups is 1. The van der Waals surface area contributed by atoms with Gasteiger partial charge in [0.15, 0.2) is 0 Å². The molecule has 2 aliphatic heterocycles. The van der Waals surface area contributed by atoms with Gasteiger partial charge in [-0.2, -0.15) is 5.10 Å². The van der Waals surface area contributed by atoms with Gasteiger partial charge < -0.3 is 9.64 Å². The zero-order chi connectivity index (χ0) is 22.2. The molecule has 1 aromatic heterocycles. The number of H-pyrrole nitrogens is 1. The van der Waals surface area contributed by atoms with Gasteiger partial charge in [0.25, 0.3) is 5.91 Å². The van der Waals surface area contributed by atoms with Crippen LogP contribution in [0.2, 0.25) is 0 Å². The van der Waals surface area contributed by atoms with Crippen LogP contribution in [-0.2, 0) is 4.74 Å². The lowest BCUT2D eigenvalue weighted by Gasteiger charge is -2.32. The molecule has 33 heavy (non-hydrogen) atoms. The van der Waals surface area contributed by atoms with Gasteiger partial charge in [0.2, 0.25) is 0 Å². The van der Waals surface area contributed by atoms with Gasteiger partial charge in [-0.1, -0.05) is 54.5 Å². The Morgan fingerprint density at radius 3 is 2.52 bits per heavy atom. The number of aromatic amines is 1. The molecule has 4 aromatic rings. The minimum atomic E-state index is 0.0478. The molecule has 1 N–H and O–H groups in total. The average molecular weight is 434 g/mol. The lowest BCUT2D eigenvalue weighted by Crippen LogP contribution is -2.45. The van der Waals surface area contributed by atoms with E-state index in [-0.39, 0.29) is 18.1 Å². The number of rotatable bonds is 2. The standard InChI is InChI=1S/C28H23N3O2/c32-28(31-17-22-12-13-23(18-31)33-22)21-11-15-27-25(16-21)26(29-30-27)14-10-20-8-4-5-9-24(20)19-6-2-1-3-7-19/h1-9,11,15-16,22-23H,12-13,17-18H2,(H,29,30). The molecule has 2 bridgehead atoms. The number of hydrogen-bond acceptors (Lipinski definition) is 3. The first-order valence-electron chi connectivity index (χ1n) is 11.3. The Balaban J connectivity index is 1.32. The van der Waals surface area contributed by atoms with E-state index in [1.807, 2.05) is 59.5 Å². The van der Waals surface area contributed by atoms with Crippen LogP contribution in [0.15, 0.2) is 72.8 Å². The van der Waals surface area contributed by atoms with Crippen molar-refractivity contribution in [2.24, 2.45) is 0 Å². The smallest absolute Gasteiger partial charge is 0.254 e. The number of morpholine rings is 1. The molecule has 2 aliphatic rings. The second kappa shape index (κ2) is 8.23. The summed E-state index contributed by atoms with van der Waals surface area (Å²) in [6.45, 7) is 1.34. The molecular formula is C28H23N3O2. The van der Waals surface area contributed by atoms with E-state index in [9.17, 15) is 4.79 Å². The predicted molar refractivity (Wildman–Crippen MR) is 128 cm³/mol. The molecule has 1 amide bonds. The van der Waals surface area contributed by atoms with Gasteiger partial charge in [-0.15, -0.1) is 0 Å². The molecular weight excluding hydrogens is 410 g/mol. The van der Waals surface area contributed by atoms with Crippen LogP contribution in [0.3, 0.4) is 0 Å². The van der Waals surface area contributed by atoms with E-state index in [2.05, 4.69) is 40.2 Å². The quantitative estimate of drug-likeness (QED) is 0.469. The third-order valence-electron chi connectivity index (χ3n) is 6.47. The highest BCUT2D eigenvalue weighted by Crippen LogP contribution is 2.28. The fraction of sp³-hybridized carbons (Fsp3) is 0.214. The summed E-state index contributed by atoms with van der Waals surface area (Å²) < 4.78 is 5.88. The highest BCUT2D eigenvalue weighted by molar-refractivity contribution is 5.99. The fourth-order valence-corrected chi connectivity index (χ4v) is 4.79. The molecule has 0 saturated carbocycles. The average Bonchev–Trinajstić information content (AvgIpc) is 3.44. The molecule has 5 heteroatoms. The number of hydrogen-bond donors (Lipinski definition) is 1. The summed E-state index contributed by atoms with van der Waals surface area (Å²) >= 11 is 0. The number of likely N-dealkylation sites (tertiary alicyclic amines) is 1. The third-order valence-corrected chi connectivity index (χ3v) is 6.47. The summed E-state index contributed by atoms with van der Waals surface area (Å²) in [6.07, 6.45) is 2.44. The van der Waals surface area contributed by atoms with Crippen LogP contribution in [0.1, 0.15) is 34.5 Å². The number of carbonyl (C=O) groups excluding carboxylic acids is 1. The maximum Gasteiger partial charge on any atom is 0.254 e. The second-order valence-electron chi connectivity index (χ2n) is 8.66. The third kappa shape index (κ3) is 3.79. The van der Waals surface area contributed by atoms with E-state index in [4.69, 9.17) is 4.74 Å². The number of nitrogens with one attached hydrogen (secondary N) is 1. The first-order chi connectivity index (χ1) is 16.2. The van der Waals surface area contributed by atoms with E-state index in [1.165, 1.54) is 0 Å². The van der Waals surface area contributed by atoms with Crippen LogP contribution >= 0.6 is 0 Å². The van der Waals surface area contributed by atoms with Gasteiger partial charge in [0.1, 0.15) is 5.69 Å². The molecule has 2 unspecified atom stereocenters. The monoisotopic (exact) mass is 433 g/mol. The molecule has 0 radical (unpaired) electrons. The van der Waals surface area contributed by atoms with E-state index in [0.717, 1.165) is 40.4 Å². The summed E-state index contributed by atoms with van der Waals surface area (Å²) in [4.78, 5) is 15.1.